The van der Waals surface area contributed by atoms with Gasteiger partial charge in [-0.25, -0.2) is 0 Å². The molecule has 3 amide bonds. The van der Waals surface area contributed by atoms with E-state index < -0.39 is 11.9 Å². The molecule has 0 spiro atoms. The van der Waals surface area contributed by atoms with Crippen molar-refractivity contribution in [2.24, 2.45) is 0 Å². The number of piperidine rings is 1. The molecule has 0 radical (unpaired) electrons. The Morgan fingerprint density at radius 2 is 2.14 bits per heavy atom. The highest BCUT2D eigenvalue weighted by molar-refractivity contribution is 9.09. The van der Waals surface area contributed by atoms with Crippen molar-refractivity contribution in [3.63, 3.8) is 0 Å². The summed E-state index contributed by atoms with van der Waals surface area (Å²) in [7, 11) is 0. The summed E-state index contributed by atoms with van der Waals surface area (Å²) in [5.74, 6) is -0.207. The number of amides is 3. The van der Waals surface area contributed by atoms with E-state index in [1.807, 2.05) is 6.07 Å². The fourth-order valence-electron chi connectivity index (χ4n) is 2.84. The van der Waals surface area contributed by atoms with E-state index >= 15 is 0 Å². The second-order valence-electron chi connectivity index (χ2n) is 5.22. The summed E-state index contributed by atoms with van der Waals surface area (Å²) in [6, 6.07) is 4.74. The first kappa shape index (κ1) is 15.0. The minimum atomic E-state index is -0.596. The van der Waals surface area contributed by atoms with Gasteiger partial charge in [-0.2, -0.15) is 0 Å². The van der Waals surface area contributed by atoms with E-state index in [9.17, 15) is 14.4 Å². The first-order valence-electron chi connectivity index (χ1n) is 7.07. The monoisotopic (exact) mass is 366 g/mol. The van der Waals surface area contributed by atoms with Crippen molar-refractivity contribution in [1.82, 2.24) is 10.2 Å². The summed E-state index contributed by atoms with van der Waals surface area (Å²) >= 11 is 3.30. The van der Waals surface area contributed by atoms with E-state index in [-0.39, 0.29) is 18.2 Å². The maximum atomic E-state index is 12.5. The van der Waals surface area contributed by atoms with Gasteiger partial charge in [0.15, 0.2) is 0 Å². The molecule has 0 bridgehead atoms. The topological polar surface area (TPSA) is 75.7 Å². The summed E-state index contributed by atoms with van der Waals surface area (Å²) in [6.45, 7) is 0.835. The van der Waals surface area contributed by atoms with Gasteiger partial charge in [0.2, 0.25) is 11.8 Å². The zero-order valence-corrected chi connectivity index (χ0v) is 13.4. The van der Waals surface area contributed by atoms with Crippen molar-refractivity contribution in [2.75, 3.05) is 11.9 Å². The molecule has 1 aromatic carbocycles. The molecular formula is C15H15BrN2O4. The number of fused-ring (bicyclic) bond motifs is 1. The summed E-state index contributed by atoms with van der Waals surface area (Å²) in [5.41, 5.74) is 1.37. The van der Waals surface area contributed by atoms with Crippen molar-refractivity contribution < 1.29 is 19.1 Å². The Balaban J connectivity index is 1.84. The molecule has 1 unspecified atom stereocenters. The van der Waals surface area contributed by atoms with Crippen LogP contribution < -0.4 is 10.1 Å². The van der Waals surface area contributed by atoms with Gasteiger partial charge in [-0.05, 0) is 18.6 Å². The predicted octanol–water partition coefficient (Wildman–Crippen LogP) is 1.22. The summed E-state index contributed by atoms with van der Waals surface area (Å²) in [6.07, 6.45) is 0.617. The number of rotatable bonds is 4. The molecule has 1 aromatic rings. The molecular weight excluding hydrogens is 352 g/mol. The van der Waals surface area contributed by atoms with Crippen LogP contribution in [0.4, 0.5) is 0 Å². The van der Waals surface area contributed by atoms with E-state index in [0.717, 1.165) is 5.56 Å². The van der Waals surface area contributed by atoms with E-state index in [4.69, 9.17) is 4.74 Å². The van der Waals surface area contributed by atoms with Gasteiger partial charge < -0.3 is 9.64 Å². The van der Waals surface area contributed by atoms with E-state index in [0.29, 0.717) is 36.2 Å². The number of hydrogen-bond donors (Lipinski definition) is 1. The Hall–Kier alpha value is -1.89. The summed E-state index contributed by atoms with van der Waals surface area (Å²) < 4.78 is 5.65. The average molecular weight is 367 g/mol. The molecule has 0 aromatic heterocycles. The second-order valence-corrected chi connectivity index (χ2v) is 6.01. The van der Waals surface area contributed by atoms with Gasteiger partial charge in [0.05, 0.1) is 13.2 Å². The summed E-state index contributed by atoms with van der Waals surface area (Å²) in [5, 5.41) is 2.99. The second kappa shape index (κ2) is 6.08. The largest absolute Gasteiger partial charge is 0.492 e. The summed E-state index contributed by atoms with van der Waals surface area (Å²) in [4.78, 5) is 37.3. The van der Waals surface area contributed by atoms with Gasteiger partial charge in [-0.15, -0.1) is 0 Å². The lowest BCUT2D eigenvalue weighted by molar-refractivity contribution is -0.136. The van der Waals surface area contributed by atoms with Crippen LogP contribution in [0.15, 0.2) is 18.2 Å². The molecule has 2 heterocycles. The van der Waals surface area contributed by atoms with Crippen molar-refractivity contribution >= 4 is 33.7 Å². The van der Waals surface area contributed by atoms with Gasteiger partial charge >= 0.3 is 0 Å². The van der Waals surface area contributed by atoms with E-state index in [2.05, 4.69) is 21.2 Å². The Morgan fingerprint density at radius 1 is 1.32 bits per heavy atom. The number of carbonyl (C=O) groups is 3. The van der Waals surface area contributed by atoms with Crippen LogP contribution in [0.25, 0.3) is 0 Å². The average Bonchev–Trinajstić information content (AvgIpc) is 2.83. The van der Waals surface area contributed by atoms with Crippen molar-refractivity contribution in [3.8, 4) is 5.75 Å². The van der Waals surface area contributed by atoms with Crippen molar-refractivity contribution in [1.29, 1.82) is 0 Å². The molecule has 0 saturated carbocycles. The Kier molecular flexibility index (Phi) is 4.15. The zero-order chi connectivity index (χ0) is 15.7. The molecule has 0 aliphatic carbocycles. The van der Waals surface area contributed by atoms with Gasteiger partial charge in [0, 0.05) is 22.9 Å². The standard InChI is InChI=1S/C15H15BrN2O4/c16-6-7-22-12-3-1-2-9-10(12)8-18(15(9)21)11-4-5-13(19)17-14(11)20/h1-3,11H,4-8H2,(H,17,19,20). The lowest BCUT2D eigenvalue weighted by Crippen LogP contribution is -2.52. The highest BCUT2D eigenvalue weighted by Gasteiger charge is 2.40. The van der Waals surface area contributed by atoms with E-state index in [1.165, 1.54) is 4.90 Å². The molecule has 1 saturated heterocycles. The lowest BCUT2D eigenvalue weighted by Gasteiger charge is -2.29. The third kappa shape index (κ3) is 2.61. The molecule has 1 fully saturated rings. The smallest absolute Gasteiger partial charge is 0.255 e. The first-order valence-corrected chi connectivity index (χ1v) is 8.19. The third-order valence-electron chi connectivity index (χ3n) is 3.87. The SMILES string of the molecule is O=C1CCC(N2Cc3c(OCCBr)cccc3C2=O)C(=O)N1. The van der Waals surface area contributed by atoms with Crippen LogP contribution in [-0.4, -0.2) is 40.6 Å². The van der Waals surface area contributed by atoms with Crippen LogP contribution in [0.1, 0.15) is 28.8 Å². The van der Waals surface area contributed by atoms with Crippen LogP contribution >= 0.6 is 15.9 Å². The zero-order valence-electron chi connectivity index (χ0n) is 11.8. The Morgan fingerprint density at radius 3 is 2.86 bits per heavy atom. The number of benzene rings is 1. The van der Waals surface area contributed by atoms with Crippen molar-refractivity contribution in [2.45, 2.75) is 25.4 Å². The van der Waals surface area contributed by atoms with Crippen molar-refractivity contribution in [3.05, 3.63) is 29.3 Å². The highest BCUT2D eigenvalue weighted by atomic mass is 79.9. The normalized spacial score (nSPS) is 20.9. The van der Waals surface area contributed by atoms with Crippen LogP contribution in [0, 0.1) is 0 Å². The lowest BCUT2D eigenvalue weighted by atomic mass is 10.0. The molecule has 1 atom stereocenters. The highest BCUT2D eigenvalue weighted by Crippen LogP contribution is 2.33. The minimum Gasteiger partial charge on any atom is -0.492 e. The van der Waals surface area contributed by atoms with Crippen LogP contribution in [0.2, 0.25) is 0 Å². The van der Waals surface area contributed by atoms with Gasteiger partial charge in [-0.3, -0.25) is 19.7 Å². The number of carbonyl (C=O) groups excluding carboxylic acids is 3. The molecule has 2 aliphatic rings. The number of alkyl halides is 1. The maximum absolute atomic E-state index is 12.5. The molecule has 3 rings (SSSR count). The molecule has 7 heteroatoms. The Bertz CT molecular complexity index is 646. The predicted molar refractivity (Wildman–Crippen MR) is 81.8 cm³/mol. The van der Waals surface area contributed by atoms with Crippen LogP contribution in [-0.2, 0) is 16.1 Å². The molecule has 116 valence electrons. The fourth-order valence-corrected chi connectivity index (χ4v) is 3.00. The number of nitrogens with zero attached hydrogens (tertiary/aromatic N) is 1. The van der Waals surface area contributed by atoms with Crippen LogP contribution in [0.3, 0.4) is 0 Å². The molecule has 6 nitrogen and oxygen atoms in total. The fraction of sp³-hybridized carbons (Fsp3) is 0.400. The van der Waals surface area contributed by atoms with Crippen LogP contribution in [0.5, 0.6) is 5.75 Å². The van der Waals surface area contributed by atoms with E-state index in [1.54, 1.807) is 12.1 Å². The number of nitrogens with one attached hydrogen (secondary N) is 1. The minimum absolute atomic E-state index is 0.186. The molecule has 1 N–H and O–H groups in total. The molecule has 2 aliphatic heterocycles. The maximum Gasteiger partial charge on any atom is 0.255 e. The van der Waals surface area contributed by atoms with Gasteiger partial charge in [-0.1, -0.05) is 22.0 Å². The van der Waals surface area contributed by atoms with Gasteiger partial charge in [0.1, 0.15) is 11.8 Å². The van der Waals surface area contributed by atoms with Gasteiger partial charge in [0.25, 0.3) is 5.91 Å². The number of imide groups is 1. The third-order valence-corrected chi connectivity index (χ3v) is 4.20. The number of halogens is 1. The quantitative estimate of drug-likeness (QED) is 0.642. The first-order chi connectivity index (χ1) is 10.6. The number of hydrogen-bond acceptors (Lipinski definition) is 4. The molecule has 22 heavy (non-hydrogen) atoms. The number of ether oxygens (including phenoxy) is 1. The Labute approximate surface area is 135 Å².